The van der Waals surface area contributed by atoms with Gasteiger partial charge >= 0.3 is 0 Å². The molecule has 1 aliphatic rings. The van der Waals surface area contributed by atoms with Crippen LogP contribution in [0.3, 0.4) is 0 Å². The Morgan fingerprint density at radius 2 is 1.96 bits per heavy atom. The van der Waals surface area contributed by atoms with Crippen molar-refractivity contribution in [1.29, 1.82) is 5.26 Å². The molecule has 3 rings (SSSR count). The number of hydrogen-bond acceptors (Lipinski definition) is 6. The number of nitro groups is 1. The maximum Gasteiger partial charge on any atom is 0.270 e. The SMILES string of the molecule is Cc1ccc(C(CNc2ccc([N+](=O)[O-])cc2C#N)N2CCOCC2)cc1. The molecule has 0 saturated carbocycles. The first-order valence-corrected chi connectivity index (χ1v) is 8.89. The quantitative estimate of drug-likeness (QED) is 0.623. The predicted molar refractivity (Wildman–Crippen MR) is 103 cm³/mol. The molecule has 1 atom stereocenters. The number of nitro benzene ring substituents is 1. The van der Waals surface area contributed by atoms with Crippen LogP contribution in [0.25, 0.3) is 0 Å². The van der Waals surface area contributed by atoms with Gasteiger partial charge in [-0.2, -0.15) is 5.26 Å². The number of hydrogen-bond donors (Lipinski definition) is 1. The molecule has 140 valence electrons. The van der Waals surface area contributed by atoms with E-state index in [0.29, 0.717) is 25.4 Å². The van der Waals surface area contributed by atoms with Gasteiger partial charge in [0.05, 0.1) is 35.4 Å². The number of ether oxygens (including phenoxy) is 1. The zero-order chi connectivity index (χ0) is 19.2. The Hall–Kier alpha value is -2.95. The van der Waals surface area contributed by atoms with Crippen molar-refractivity contribution in [3.63, 3.8) is 0 Å². The number of rotatable bonds is 6. The highest BCUT2D eigenvalue weighted by Crippen LogP contribution is 2.26. The number of morpholine rings is 1. The van der Waals surface area contributed by atoms with Crippen molar-refractivity contribution in [1.82, 2.24) is 4.90 Å². The number of non-ortho nitro benzene ring substituents is 1. The summed E-state index contributed by atoms with van der Waals surface area (Å²) in [6.07, 6.45) is 0. The summed E-state index contributed by atoms with van der Waals surface area (Å²) in [6.45, 7) is 5.72. The molecule has 0 bridgehead atoms. The Morgan fingerprint density at radius 3 is 2.59 bits per heavy atom. The Labute approximate surface area is 158 Å². The lowest BCUT2D eigenvalue weighted by Gasteiger charge is -2.35. The molecule has 1 fully saturated rings. The normalized spacial score (nSPS) is 15.7. The molecule has 1 heterocycles. The Bertz CT molecular complexity index is 839. The van der Waals surface area contributed by atoms with E-state index in [4.69, 9.17) is 4.74 Å². The topological polar surface area (TPSA) is 91.4 Å². The molecule has 7 heteroatoms. The van der Waals surface area contributed by atoms with Crippen LogP contribution in [0.4, 0.5) is 11.4 Å². The molecule has 0 radical (unpaired) electrons. The zero-order valence-electron chi connectivity index (χ0n) is 15.2. The van der Waals surface area contributed by atoms with E-state index in [0.717, 1.165) is 13.1 Å². The van der Waals surface area contributed by atoms with Crippen LogP contribution >= 0.6 is 0 Å². The zero-order valence-corrected chi connectivity index (χ0v) is 15.2. The Balaban J connectivity index is 1.81. The van der Waals surface area contributed by atoms with Crippen LogP contribution in [-0.2, 0) is 4.74 Å². The van der Waals surface area contributed by atoms with Crippen LogP contribution in [0, 0.1) is 28.4 Å². The van der Waals surface area contributed by atoms with E-state index in [2.05, 4.69) is 41.4 Å². The molecular formula is C20H22N4O3. The minimum absolute atomic E-state index is 0.0830. The lowest BCUT2D eigenvalue weighted by molar-refractivity contribution is -0.384. The monoisotopic (exact) mass is 366 g/mol. The number of nitrogens with zero attached hydrogens (tertiary/aromatic N) is 3. The average molecular weight is 366 g/mol. The van der Waals surface area contributed by atoms with Crippen LogP contribution < -0.4 is 5.32 Å². The van der Waals surface area contributed by atoms with Crippen LogP contribution in [-0.4, -0.2) is 42.7 Å². The van der Waals surface area contributed by atoms with Gasteiger partial charge in [0.15, 0.2) is 0 Å². The fourth-order valence-electron chi connectivity index (χ4n) is 3.23. The van der Waals surface area contributed by atoms with Crippen molar-refractivity contribution in [2.45, 2.75) is 13.0 Å². The molecule has 1 unspecified atom stereocenters. The van der Waals surface area contributed by atoms with Gasteiger partial charge in [0.2, 0.25) is 0 Å². The van der Waals surface area contributed by atoms with Gasteiger partial charge in [-0.15, -0.1) is 0 Å². The number of nitrogens with one attached hydrogen (secondary N) is 1. The summed E-state index contributed by atoms with van der Waals surface area (Å²) in [5.74, 6) is 0. The standard InChI is InChI=1S/C20H22N4O3/c1-15-2-4-16(5-3-15)20(23-8-10-27-11-9-23)14-22-19-7-6-18(24(25)26)12-17(19)13-21/h2-7,12,20,22H,8-11,14H2,1H3. The second-order valence-electron chi connectivity index (χ2n) is 6.55. The van der Waals surface area contributed by atoms with Crippen molar-refractivity contribution in [3.05, 3.63) is 69.3 Å². The highest BCUT2D eigenvalue weighted by atomic mass is 16.6. The summed E-state index contributed by atoms with van der Waals surface area (Å²) >= 11 is 0. The lowest BCUT2D eigenvalue weighted by atomic mass is 10.0. The van der Waals surface area contributed by atoms with Gasteiger partial charge in [-0.1, -0.05) is 29.8 Å². The van der Waals surface area contributed by atoms with E-state index in [1.54, 1.807) is 6.07 Å². The van der Waals surface area contributed by atoms with Crippen molar-refractivity contribution < 1.29 is 9.66 Å². The van der Waals surface area contributed by atoms with Crippen molar-refractivity contribution in [2.24, 2.45) is 0 Å². The molecule has 2 aromatic rings. The van der Waals surface area contributed by atoms with Gasteiger partial charge in [-0.25, -0.2) is 0 Å². The van der Waals surface area contributed by atoms with Crippen LogP contribution in [0.1, 0.15) is 22.7 Å². The van der Waals surface area contributed by atoms with E-state index in [9.17, 15) is 15.4 Å². The summed E-state index contributed by atoms with van der Waals surface area (Å²) in [7, 11) is 0. The smallest absolute Gasteiger partial charge is 0.270 e. The predicted octanol–water partition coefficient (Wildman–Crippen LogP) is 3.26. The van der Waals surface area contributed by atoms with E-state index in [-0.39, 0.29) is 17.3 Å². The van der Waals surface area contributed by atoms with E-state index < -0.39 is 4.92 Å². The molecule has 27 heavy (non-hydrogen) atoms. The second kappa shape index (κ2) is 8.62. The first-order valence-electron chi connectivity index (χ1n) is 8.89. The first-order chi connectivity index (χ1) is 13.1. The summed E-state index contributed by atoms with van der Waals surface area (Å²) in [5.41, 5.74) is 3.19. The van der Waals surface area contributed by atoms with E-state index in [1.807, 2.05) is 6.07 Å². The fourth-order valence-corrected chi connectivity index (χ4v) is 3.23. The molecule has 0 aromatic heterocycles. The second-order valence-corrected chi connectivity index (χ2v) is 6.55. The maximum absolute atomic E-state index is 10.9. The molecule has 0 spiro atoms. The minimum atomic E-state index is -0.493. The van der Waals surface area contributed by atoms with Crippen LogP contribution in [0.5, 0.6) is 0 Å². The molecule has 0 amide bonds. The molecule has 1 saturated heterocycles. The summed E-state index contributed by atoms with van der Waals surface area (Å²) in [4.78, 5) is 12.8. The molecule has 7 nitrogen and oxygen atoms in total. The van der Waals surface area contributed by atoms with E-state index in [1.165, 1.54) is 23.3 Å². The fraction of sp³-hybridized carbons (Fsp3) is 0.350. The third kappa shape index (κ3) is 4.61. The number of benzene rings is 2. The van der Waals surface area contributed by atoms with Gasteiger partial charge in [-0.05, 0) is 18.6 Å². The van der Waals surface area contributed by atoms with Gasteiger partial charge in [0.1, 0.15) is 6.07 Å². The van der Waals surface area contributed by atoms with Crippen molar-refractivity contribution >= 4 is 11.4 Å². The average Bonchev–Trinajstić information content (AvgIpc) is 2.70. The Kier molecular flexibility index (Phi) is 6.01. The van der Waals surface area contributed by atoms with Gasteiger partial charge < -0.3 is 10.1 Å². The lowest BCUT2D eigenvalue weighted by Crippen LogP contribution is -2.41. The summed E-state index contributed by atoms with van der Waals surface area (Å²) in [6, 6.07) is 14.9. The highest BCUT2D eigenvalue weighted by molar-refractivity contribution is 5.61. The number of nitriles is 1. The van der Waals surface area contributed by atoms with Crippen LogP contribution in [0.2, 0.25) is 0 Å². The first kappa shape index (κ1) is 18.8. The molecule has 2 aromatic carbocycles. The number of anilines is 1. The summed E-state index contributed by atoms with van der Waals surface area (Å²) < 4.78 is 5.47. The van der Waals surface area contributed by atoms with Crippen LogP contribution in [0.15, 0.2) is 42.5 Å². The van der Waals surface area contributed by atoms with Crippen molar-refractivity contribution in [3.8, 4) is 6.07 Å². The maximum atomic E-state index is 10.9. The summed E-state index contributed by atoms with van der Waals surface area (Å²) in [5, 5.41) is 23.6. The third-order valence-electron chi connectivity index (χ3n) is 4.77. The van der Waals surface area contributed by atoms with Gasteiger partial charge in [-0.3, -0.25) is 15.0 Å². The Morgan fingerprint density at radius 1 is 1.26 bits per heavy atom. The molecule has 1 N–H and O–H groups in total. The third-order valence-corrected chi connectivity index (χ3v) is 4.77. The molecular weight excluding hydrogens is 344 g/mol. The van der Waals surface area contributed by atoms with Gasteiger partial charge in [0, 0.05) is 31.8 Å². The largest absolute Gasteiger partial charge is 0.382 e. The highest BCUT2D eigenvalue weighted by Gasteiger charge is 2.23. The van der Waals surface area contributed by atoms with Gasteiger partial charge in [0.25, 0.3) is 5.69 Å². The van der Waals surface area contributed by atoms with E-state index >= 15 is 0 Å². The number of aryl methyl sites for hydroxylation is 1. The molecule has 1 aliphatic heterocycles. The minimum Gasteiger partial charge on any atom is -0.382 e. The van der Waals surface area contributed by atoms with Crippen molar-refractivity contribution in [2.75, 3.05) is 38.2 Å². The molecule has 0 aliphatic carbocycles.